The van der Waals surface area contributed by atoms with Gasteiger partial charge in [-0.2, -0.15) is 0 Å². The van der Waals surface area contributed by atoms with Crippen LogP contribution in [0.1, 0.15) is 34.7 Å². The molecule has 4 nitrogen and oxygen atoms in total. The molecule has 1 aliphatic heterocycles. The Bertz CT molecular complexity index is 832. The molecule has 0 spiro atoms. The summed E-state index contributed by atoms with van der Waals surface area (Å²) >= 11 is 0. The molecule has 1 fully saturated rings. The number of hydrogen-bond donors (Lipinski definition) is 1. The van der Waals surface area contributed by atoms with E-state index in [2.05, 4.69) is 0 Å². The summed E-state index contributed by atoms with van der Waals surface area (Å²) in [7, 11) is 0. The van der Waals surface area contributed by atoms with E-state index < -0.39 is 17.4 Å². The van der Waals surface area contributed by atoms with Crippen molar-refractivity contribution in [2.24, 2.45) is 11.7 Å². The van der Waals surface area contributed by atoms with Crippen molar-refractivity contribution in [3.8, 4) is 0 Å². The Morgan fingerprint density at radius 3 is 2.39 bits per heavy atom. The van der Waals surface area contributed by atoms with E-state index in [0.29, 0.717) is 25.7 Å². The summed E-state index contributed by atoms with van der Waals surface area (Å²) in [6.07, 6.45) is -0.115. The summed E-state index contributed by atoms with van der Waals surface area (Å²) < 4.78 is 26.6. The predicted molar refractivity (Wildman–Crippen MR) is 105 cm³/mol. The summed E-state index contributed by atoms with van der Waals surface area (Å²) in [5.41, 5.74) is 6.85. The number of ketones is 1. The van der Waals surface area contributed by atoms with Gasteiger partial charge in [-0.25, -0.2) is 8.78 Å². The number of amides is 1. The van der Waals surface area contributed by atoms with Crippen molar-refractivity contribution < 1.29 is 18.4 Å². The minimum Gasteiger partial charge on any atom is -0.342 e. The van der Waals surface area contributed by atoms with E-state index in [4.69, 9.17) is 5.73 Å². The van der Waals surface area contributed by atoms with Gasteiger partial charge in [-0.3, -0.25) is 9.59 Å². The van der Waals surface area contributed by atoms with Crippen LogP contribution in [0.15, 0.2) is 48.5 Å². The molecule has 2 aromatic rings. The fourth-order valence-corrected chi connectivity index (χ4v) is 3.62. The van der Waals surface area contributed by atoms with Crippen LogP contribution >= 0.6 is 12.4 Å². The van der Waals surface area contributed by atoms with Crippen LogP contribution < -0.4 is 5.73 Å². The molecule has 0 radical (unpaired) electrons. The third kappa shape index (κ3) is 4.94. The highest BCUT2D eigenvalue weighted by atomic mass is 35.5. The summed E-state index contributed by atoms with van der Waals surface area (Å²) in [5.74, 6) is -1.96. The van der Waals surface area contributed by atoms with Crippen molar-refractivity contribution in [2.45, 2.75) is 18.8 Å². The van der Waals surface area contributed by atoms with Crippen LogP contribution in [0.4, 0.5) is 8.78 Å². The topological polar surface area (TPSA) is 63.4 Å². The fraction of sp³-hybridized carbons (Fsp3) is 0.333. The molecular formula is C21H23ClF2N2O2. The van der Waals surface area contributed by atoms with Gasteiger partial charge in [0.1, 0.15) is 11.6 Å². The highest BCUT2D eigenvalue weighted by Gasteiger charge is 2.35. The SMILES string of the molecule is Cl.NC[C@@H]1CN(C(=O)CCC(=O)c2ccc(F)cc2F)C[C@H]1c1ccccc1. The standard InChI is InChI=1S/C21H22F2N2O2.ClH/c22-16-6-7-17(19(23)10-16)20(26)8-9-21(27)25-12-15(11-24)18(13-25)14-4-2-1-3-5-14;/h1-7,10,15,18H,8-9,11-13,24H2;1H/t15-,18+;/m1./s1. The number of nitrogens with zero attached hydrogens (tertiary/aromatic N) is 1. The van der Waals surface area contributed by atoms with Crippen molar-refractivity contribution in [3.63, 3.8) is 0 Å². The van der Waals surface area contributed by atoms with Crippen LogP contribution in [-0.4, -0.2) is 36.2 Å². The molecule has 0 aliphatic carbocycles. The first-order valence-corrected chi connectivity index (χ1v) is 9.00. The van der Waals surface area contributed by atoms with E-state index in [1.165, 1.54) is 0 Å². The third-order valence-electron chi connectivity index (χ3n) is 5.12. The van der Waals surface area contributed by atoms with Crippen molar-refractivity contribution in [3.05, 3.63) is 71.3 Å². The van der Waals surface area contributed by atoms with Crippen LogP contribution in [0, 0.1) is 17.6 Å². The van der Waals surface area contributed by atoms with E-state index >= 15 is 0 Å². The second-order valence-electron chi connectivity index (χ2n) is 6.86. The molecule has 1 saturated heterocycles. The summed E-state index contributed by atoms with van der Waals surface area (Å²) in [5, 5.41) is 0. The summed E-state index contributed by atoms with van der Waals surface area (Å²) in [6, 6.07) is 12.7. The molecular weight excluding hydrogens is 386 g/mol. The Balaban J connectivity index is 0.00000280. The molecule has 1 amide bonds. The fourth-order valence-electron chi connectivity index (χ4n) is 3.62. The lowest BCUT2D eigenvalue weighted by Crippen LogP contribution is -2.30. The lowest BCUT2D eigenvalue weighted by atomic mass is 9.89. The van der Waals surface area contributed by atoms with Crippen LogP contribution in [0.2, 0.25) is 0 Å². The molecule has 28 heavy (non-hydrogen) atoms. The molecule has 0 aromatic heterocycles. The average molecular weight is 409 g/mol. The molecule has 2 atom stereocenters. The molecule has 1 heterocycles. The van der Waals surface area contributed by atoms with E-state index in [0.717, 1.165) is 17.7 Å². The Kier molecular flexibility index (Phi) is 7.66. The van der Waals surface area contributed by atoms with Gasteiger partial charge < -0.3 is 10.6 Å². The van der Waals surface area contributed by atoms with Gasteiger partial charge in [0.25, 0.3) is 0 Å². The number of carbonyl (C=O) groups is 2. The second-order valence-corrected chi connectivity index (χ2v) is 6.86. The summed E-state index contributed by atoms with van der Waals surface area (Å²) in [6.45, 7) is 1.58. The first-order valence-electron chi connectivity index (χ1n) is 9.00. The van der Waals surface area contributed by atoms with Gasteiger partial charge in [0, 0.05) is 37.9 Å². The molecule has 2 aromatic carbocycles. The monoisotopic (exact) mass is 408 g/mol. The average Bonchev–Trinajstić information content (AvgIpc) is 3.11. The Labute approximate surface area is 169 Å². The quantitative estimate of drug-likeness (QED) is 0.743. The molecule has 150 valence electrons. The summed E-state index contributed by atoms with van der Waals surface area (Å²) in [4.78, 5) is 26.4. The van der Waals surface area contributed by atoms with Crippen molar-refractivity contribution in [1.82, 2.24) is 4.90 Å². The zero-order valence-corrected chi connectivity index (χ0v) is 16.1. The maximum Gasteiger partial charge on any atom is 0.223 e. The minimum absolute atomic E-state index is 0. The van der Waals surface area contributed by atoms with E-state index in [1.54, 1.807) is 4.90 Å². The molecule has 0 bridgehead atoms. The van der Waals surface area contributed by atoms with Gasteiger partial charge in [0.05, 0.1) is 5.56 Å². The smallest absolute Gasteiger partial charge is 0.223 e. The Hall–Kier alpha value is -2.31. The van der Waals surface area contributed by atoms with Gasteiger partial charge in [-0.1, -0.05) is 30.3 Å². The van der Waals surface area contributed by atoms with E-state index in [1.807, 2.05) is 30.3 Å². The lowest BCUT2D eigenvalue weighted by Gasteiger charge is -2.16. The van der Waals surface area contributed by atoms with Crippen molar-refractivity contribution >= 4 is 24.1 Å². The molecule has 3 rings (SSSR count). The van der Waals surface area contributed by atoms with E-state index in [9.17, 15) is 18.4 Å². The van der Waals surface area contributed by atoms with Crippen molar-refractivity contribution in [1.29, 1.82) is 0 Å². The number of Topliss-reactive ketones (excluding diaryl/α,β-unsaturated/α-hetero) is 1. The van der Waals surface area contributed by atoms with Gasteiger partial charge in [-0.05, 0) is 30.2 Å². The zero-order chi connectivity index (χ0) is 19.4. The van der Waals surface area contributed by atoms with Gasteiger partial charge in [0.15, 0.2) is 5.78 Å². The normalized spacial score (nSPS) is 18.6. The lowest BCUT2D eigenvalue weighted by molar-refractivity contribution is -0.130. The number of benzene rings is 2. The minimum atomic E-state index is -0.902. The number of hydrogen-bond acceptors (Lipinski definition) is 3. The number of nitrogens with two attached hydrogens (primary N) is 1. The van der Waals surface area contributed by atoms with Crippen LogP contribution in [0.3, 0.4) is 0 Å². The van der Waals surface area contributed by atoms with Crippen LogP contribution in [-0.2, 0) is 4.79 Å². The zero-order valence-electron chi connectivity index (χ0n) is 15.3. The largest absolute Gasteiger partial charge is 0.342 e. The highest BCUT2D eigenvalue weighted by Crippen LogP contribution is 2.32. The van der Waals surface area contributed by atoms with Crippen molar-refractivity contribution in [2.75, 3.05) is 19.6 Å². The van der Waals surface area contributed by atoms with Crippen LogP contribution in [0.5, 0.6) is 0 Å². The first kappa shape index (κ1) is 22.0. The van der Waals surface area contributed by atoms with Gasteiger partial charge >= 0.3 is 0 Å². The Morgan fingerprint density at radius 1 is 1.04 bits per heavy atom. The molecule has 7 heteroatoms. The maximum atomic E-state index is 13.7. The van der Waals surface area contributed by atoms with Gasteiger partial charge in [-0.15, -0.1) is 12.4 Å². The third-order valence-corrected chi connectivity index (χ3v) is 5.12. The predicted octanol–water partition coefficient (Wildman–Crippen LogP) is 3.55. The number of carbonyl (C=O) groups excluding carboxylic acids is 2. The highest BCUT2D eigenvalue weighted by molar-refractivity contribution is 5.98. The number of likely N-dealkylation sites (tertiary alicyclic amines) is 1. The maximum absolute atomic E-state index is 13.7. The van der Waals surface area contributed by atoms with E-state index in [-0.39, 0.29) is 48.6 Å². The van der Waals surface area contributed by atoms with Crippen LogP contribution in [0.25, 0.3) is 0 Å². The Morgan fingerprint density at radius 2 is 1.75 bits per heavy atom. The molecule has 2 N–H and O–H groups in total. The molecule has 0 saturated carbocycles. The second kappa shape index (κ2) is 9.75. The van der Waals surface area contributed by atoms with Gasteiger partial charge in [0.2, 0.25) is 5.91 Å². The number of halogens is 3. The number of rotatable bonds is 6. The molecule has 1 aliphatic rings. The molecule has 0 unspecified atom stereocenters. The first-order chi connectivity index (χ1) is 13.0.